The van der Waals surface area contributed by atoms with E-state index in [4.69, 9.17) is 10.5 Å². The minimum atomic E-state index is -0.285. The van der Waals surface area contributed by atoms with Gasteiger partial charge in [-0.25, -0.2) is 0 Å². The fourth-order valence-electron chi connectivity index (χ4n) is 1.67. The van der Waals surface area contributed by atoms with E-state index in [0.717, 1.165) is 6.42 Å². The molecular formula is C9H18N2O2. The summed E-state index contributed by atoms with van der Waals surface area (Å²) in [4.78, 5) is 12.6. The van der Waals surface area contributed by atoms with Crippen molar-refractivity contribution in [3.8, 4) is 0 Å². The Morgan fingerprint density at radius 2 is 2.31 bits per heavy atom. The predicted octanol–water partition coefficient (Wildman–Crippen LogP) is -0.0290. The van der Waals surface area contributed by atoms with E-state index in [-0.39, 0.29) is 11.5 Å². The molecule has 1 fully saturated rings. The fourth-order valence-corrected chi connectivity index (χ4v) is 1.67. The van der Waals surface area contributed by atoms with Crippen LogP contribution >= 0.6 is 0 Å². The Balaban J connectivity index is 2.42. The summed E-state index contributed by atoms with van der Waals surface area (Å²) in [5, 5.41) is 0. The van der Waals surface area contributed by atoms with Crippen molar-refractivity contribution in [3.63, 3.8) is 0 Å². The molecule has 1 heterocycles. The van der Waals surface area contributed by atoms with Crippen LogP contribution in [0.25, 0.3) is 0 Å². The molecule has 1 rings (SSSR count). The molecule has 0 radical (unpaired) electrons. The van der Waals surface area contributed by atoms with Crippen LogP contribution in [-0.4, -0.2) is 42.6 Å². The van der Waals surface area contributed by atoms with Crippen molar-refractivity contribution in [1.82, 2.24) is 4.90 Å². The van der Waals surface area contributed by atoms with Crippen LogP contribution in [0.1, 0.15) is 20.3 Å². The van der Waals surface area contributed by atoms with Crippen LogP contribution in [0.15, 0.2) is 0 Å². The van der Waals surface area contributed by atoms with Crippen molar-refractivity contribution in [1.29, 1.82) is 0 Å². The molecule has 1 saturated heterocycles. The highest BCUT2D eigenvalue weighted by Gasteiger charge is 2.34. The van der Waals surface area contributed by atoms with E-state index < -0.39 is 0 Å². The Morgan fingerprint density at radius 1 is 1.69 bits per heavy atom. The first-order chi connectivity index (χ1) is 5.91. The van der Waals surface area contributed by atoms with E-state index in [1.165, 1.54) is 0 Å². The zero-order valence-electron chi connectivity index (χ0n) is 8.54. The van der Waals surface area contributed by atoms with Gasteiger partial charge in [-0.15, -0.1) is 0 Å². The second kappa shape index (κ2) is 3.64. The normalized spacial score (nSPS) is 26.6. The van der Waals surface area contributed by atoms with Crippen LogP contribution in [0, 0.1) is 0 Å². The van der Waals surface area contributed by atoms with E-state index >= 15 is 0 Å². The molecule has 1 aliphatic rings. The smallest absolute Gasteiger partial charge is 0.231 e. The van der Waals surface area contributed by atoms with Crippen molar-refractivity contribution < 1.29 is 9.53 Å². The van der Waals surface area contributed by atoms with E-state index in [1.54, 1.807) is 0 Å². The van der Waals surface area contributed by atoms with Crippen molar-refractivity contribution in [2.45, 2.75) is 31.9 Å². The molecule has 4 nitrogen and oxygen atoms in total. The van der Waals surface area contributed by atoms with Gasteiger partial charge in [0.05, 0.1) is 18.8 Å². The number of hydrogen-bond acceptors (Lipinski definition) is 3. The van der Waals surface area contributed by atoms with Crippen molar-refractivity contribution in [3.05, 3.63) is 0 Å². The highest BCUT2D eigenvalue weighted by Crippen LogP contribution is 2.26. The van der Waals surface area contributed by atoms with E-state index in [0.29, 0.717) is 19.2 Å². The van der Waals surface area contributed by atoms with Gasteiger partial charge in [0, 0.05) is 6.04 Å². The third-order valence-corrected chi connectivity index (χ3v) is 2.42. The van der Waals surface area contributed by atoms with Gasteiger partial charge in [-0.2, -0.15) is 0 Å². The van der Waals surface area contributed by atoms with Crippen LogP contribution in [0.5, 0.6) is 0 Å². The van der Waals surface area contributed by atoms with Gasteiger partial charge in [-0.1, -0.05) is 0 Å². The highest BCUT2D eigenvalue weighted by atomic mass is 16.5. The average Bonchev–Trinajstić information content (AvgIpc) is 2.28. The molecule has 0 bridgehead atoms. The molecule has 0 aliphatic carbocycles. The molecule has 4 heteroatoms. The number of likely N-dealkylation sites (N-methyl/N-ethyl adjacent to an activating group) is 1. The van der Waals surface area contributed by atoms with Gasteiger partial charge in [0.25, 0.3) is 0 Å². The van der Waals surface area contributed by atoms with Gasteiger partial charge in [0.1, 0.15) is 0 Å². The summed E-state index contributed by atoms with van der Waals surface area (Å²) in [6.45, 7) is 5.12. The molecule has 1 atom stereocenters. The Hall–Kier alpha value is -0.610. The Morgan fingerprint density at radius 3 is 2.69 bits per heavy atom. The van der Waals surface area contributed by atoms with E-state index in [1.807, 2.05) is 11.9 Å². The van der Waals surface area contributed by atoms with Crippen LogP contribution in [0.2, 0.25) is 0 Å². The molecule has 0 aromatic heterocycles. The van der Waals surface area contributed by atoms with Crippen LogP contribution in [0.4, 0.5) is 0 Å². The topological polar surface area (TPSA) is 55.6 Å². The summed E-state index contributed by atoms with van der Waals surface area (Å²) in [6.07, 6.45) is 0.955. The van der Waals surface area contributed by atoms with Gasteiger partial charge in [0.15, 0.2) is 0 Å². The van der Waals surface area contributed by atoms with Crippen molar-refractivity contribution >= 4 is 5.91 Å². The van der Waals surface area contributed by atoms with Crippen LogP contribution in [0.3, 0.4) is 0 Å². The highest BCUT2D eigenvalue weighted by molar-refractivity contribution is 5.75. The third-order valence-electron chi connectivity index (χ3n) is 2.42. The first-order valence-corrected chi connectivity index (χ1v) is 4.53. The molecular weight excluding hydrogens is 168 g/mol. The summed E-state index contributed by atoms with van der Waals surface area (Å²) in [6, 6.07) is 0.322. The second-order valence-electron chi connectivity index (χ2n) is 4.31. The molecule has 1 unspecified atom stereocenters. The maximum Gasteiger partial charge on any atom is 0.231 e. The quantitative estimate of drug-likeness (QED) is 0.673. The SMILES string of the molecule is CN(CC(N)=O)C1COC(C)(C)C1. The van der Waals surface area contributed by atoms with Gasteiger partial charge < -0.3 is 10.5 Å². The van der Waals surface area contributed by atoms with Gasteiger partial charge in [-0.05, 0) is 27.3 Å². The van der Waals surface area contributed by atoms with Gasteiger partial charge >= 0.3 is 0 Å². The minimum Gasteiger partial charge on any atom is -0.374 e. The fraction of sp³-hybridized carbons (Fsp3) is 0.889. The molecule has 1 aliphatic heterocycles. The number of hydrogen-bond donors (Lipinski definition) is 1. The molecule has 13 heavy (non-hydrogen) atoms. The lowest BCUT2D eigenvalue weighted by atomic mass is 10.0. The first kappa shape index (κ1) is 10.5. The summed E-state index contributed by atoms with van der Waals surface area (Å²) in [7, 11) is 1.90. The van der Waals surface area contributed by atoms with E-state index in [9.17, 15) is 4.79 Å². The van der Waals surface area contributed by atoms with Gasteiger partial charge in [0.2, 0.25) is 5.91 Å². The van der Waals surface area contributed by atoms with E-state index in [2.05, 4.69) is 13.8 Å². The number of ether oxygens (including phenoxy) is 1. The molecule has 76 valence electrons. The lowest BCUT2D eigenvalue weighted by molar-refractivity contribution is -0.119. The minimum absolute atomic E-state index is 0.0590. The zero-order chi connectivity index (χ0) is 10.1. The molecule has 0 aromatic carbocycles. The molecule has 0 saturated carbocycles. The average molecular weight is 186 g/mol. The number of carbonyl (C=O) groups is 1. The van der Waals surface area contributed by atoms with Gasteiger partial charge in [-0.3, -0.25) is 9.69 Å². The molecule has 0 aromatic rings. The monoisotopic (exact) mass is 186 g/mol. The summed E-state index contributed by atoms with van der Waals surface area (Å²) < 4.78 is 5.56. The lowest BCUT2D eigenvalue weighted by Gasteiger charge is -2.22. The number of amides is 1. The molecule has 2 N–H and O–H groups in total. The third kappa shape index (κ3) is 2.97. The zero-order valence-corrected chi connectivity index (χ0v) is 8.54. The predicted molar refractivity (Wildman–Crippen MR) is 50.3 cm³/mol. The maximum atomic E-state index is 10.7. The van der Waals surface area contributed by atoms with Crippen LogP contribution < -0.4 is 5.73 Å². The number of rotatable bonds is 3. The summed E-state index contributed by atoms with van der Waals surface area (Å²) in [5.74, 6) is -0.285. The lowest BCUT2D eigenvalue weighted by Crippen LogP contribution is -2.39. The maximum absolute atomic E-state index is 10.7. The standard InChI is InChI=1S/C9H18N2O2/c1-9(2)4-7(6-13-9)11(3)5-8(10)12/h7H,4-6H2,1-3H3,(H2,10,12). The first-order valence-electron chi connectivity index (χ1n) is 4.53. The number of nitrogens with zero attached hydrogens (tertiary/aromatic N) is 1. The summed E-state index contributed by atoms with van der Waals surface area (Å²) >= 11 is 0. The second-order valence-corrected chi connectivity index (χ2v) is 4.31. The largest absolute Gasteiger partial charge is 0.374 e. The van der Waals surface area contributed by atoms with Crippen LogP contribution in [-0.2, 0) is 9.53 Å². The van der Waals surface area contributed by atoms with Crippen molar-refractivity contribution in [2.75, 3.05) is 20.2 Å². The molecule has 1 amide bonds. The summed E-state index contributed by atoms with van der Waals surface area (Å²) in [5.41, 5.74) is 5.05. The Kier molecular flexibility index (Phi) is 2.93. The Bertz CT molecular complexity index is 204. The number of primary amides is 1. The van der Waals surface area contributed by atoms with Crippen molar-refractivity contribution in [2.24, 2.45) is 5.73 Å². The number of carbonyl (C=O) groups excluding carboxylic acids is 1. The number of nitrogens with two attached hydrogens (primary N) is 1. The molecule has 0 spiro atoms. The Labute approximate surface area is 79.0 Å².